The molecular weight excluding hydrogens is 249 g/mol. The zero-order valence-electron chi connectivity index (χ0n) is 9.13. The summed E-state index contributed by atoms with van der Waals surface area (Å²) in [6, 6.07) is 4.31. The van der Waals surface area contributed by atoms with Crippen molar-refractivity contribution in [3.63, 3.8) is 0 Å². The van der Waals surface area contributed by atoms with Gasteiger partial charge in [-0.2, -0.15) is 0 Å². The third-order valence-electron chi connectivity index (χ3n) is 2.11. The maximum Gasteiger partial charge on any atom is 0.123 e. The average Bonchev–Trinajstić information content (AvgIpc) is 2.22. The lowest BCUT2D eigenvalue weighted by Crippen LogP contribution is -2.16. The van der Waals surface area contributed by atoms with E-state index >= 15 is 0 Å². The van der Waals surface area contributed by atoms with Gasteiger partial charge >= 0.3 is 0 Å². The summed E-state index contributed by atoms with van der Waals surface area (Å²) in [5.41, 5.74) is 0.749. The van der Waals surface area contributed by atoms with E-state index in [0.29, 0.717) is 17.3 Å². The molecular formula is C11H15ClFNOS. The maximum absolute atomic E-state index is 12.9. The van der Waals surface area contributed by atoms with Crippen molar-refractivity contribution in [2.75, 3.05) is 18.6 Å². The van der Waals surface area contributed by atoms with E-state index in [1.54, 1.807) is 12.3 Å². The van der Waals surface area contributed by atoms with Gasteiger partial charge in [-0.15, -0.1) is 0 Å². The van der Waals surface area contributed by atoms with Gasteiger partial charge in [-0.25, -0.2) is 4.39 Å². The zero-order valence-corrected chi connectivity index (χ0v) is 10.7. The van der Waals surface area contributed by atoms with Gasteiger partial charge in [-0.1, -0.05) is 11.6 Å². The van der Waals surface area contributed by atoms with Crippen molar-refractivity contribution in [1.29, 1.82) is 0 Å². The lowest BCUT2D eigenvalue weighted by Gasteiger charge is -2.06. The first-order chi connectivity index (χ1) is 7.59. The SMILES string of the molecule is CS(=O)CCCNCc1cc(F)ccc1Cl. The van der Waals surface area contributed by atoms with Crippen LogP contribution in [-0.2, 0) is 17.3 Å². The highest BCUT2D eigenvalue weighted by atomic mass is 35.5. The Labute approximate surface area is 103 Å². The van der Waals surface area contributed by atoms with Gasteiger partial charge < -0.3 is 5.32 Å². The number of hydrogen-bond acceptors (Lipinski definition) is 2. The molecule has 0 aromatic heterocycles. The van der Waals surface area contributed by atoms with E-state index in [2.05, 4.69) is 5.32 Å². The first kappa shape index (κ1) is 13.6. The van der Waals surface area contributed by atoms with Gasteiger partial charge in [0, 0.05) is 34.4 Å². The quantitative estimate of drug-likeness (QED) is 0.799. The predicted octanol–water partition coefficient (Wildman–Crippen LogP) is 2.34. The number of benzene rings is 1. The first-order valence-corrected chi connectivity index (χ1v) is 7.15. The first-order valence-electron chi connectivity index (χ1n) is 5.04. The second kappa shape index (κ2) is 6.99. The summed E-state index contributed by atoms with van der Waals surface area (Å²) in [7, 11) is -0.748. The summed E-state index contributed by atoms with van der Waals surface area (Å²) in [6.45, 7) is 1.29. The van der Waals surface area contributed by atoms with Crippen LogP contribution in [0.1, 0.15) is 12.0 Å². The smallest absolute Gasteiger partial charge is 0.123 e. The Morgan fingerprint density at radius 1 is 1.50 bits per heavy atom. The molecule has 0 saturated carbocycles. The van der Waals surface area contributed by atoms with E-state index < -0.39 is 10.8 Å². The Balaban J connectivity index is 2.31. The summed E-state index contributed by atoms with van der Waals surface area (Å²) in [6.07, 6.45) is 2.53. The molecule has 0 saturated heterocycles. The lowest BCUT2D eigenvalue weighted by molar-refractivity contribution is 0.619. The highest BCUT2D eigenvalue weighted by Gasteiger charge is 2.01. The molecule has 90 valence electrons. The van der Waals surface area contributed by atoms with Crippen molar-refractivity contribution in [1.82, 2.24) is 5.32 Å². The fraction of sp³-hybridized carbons (Fsp3) is 0.455. The van der Waals surface area contributed by atoms with Gasteiger partial charge in [0.15, 0.2) is 0 Å². The topological polar surface area (TPSA) is 29.1 Å². The van der Waals surface area contributed by atoms with Crippen molar-refractivity contribution < 1.29 is 8.60 Å². The Morgan fingerprint density at radius 2 is 2.25 bits per heavy atom. The minimum atomic E-state index is -0.748. The Morgan fingerprint density at radius 3 is 2.94 bits per heavy atom. The third kappa shape index (κ3) is 5.05. The molecule has 0 bridgehead atoms. The monoisotopic (exact) mass is 263 g/mol. The number of halogens is 2. The predicted molar refractivity (Wildman–Crippen MR) is 66.7 cm³/mol. The van der Waals surface area contributed by atoms with Crippen LogP contribution < -0.4 is 5.32 Å². The standard InChI is InChI=1S/C11H15ClFNOS/c1-16(15)6-2-5-14-8-9-7-10(13)3-4-11(9)12/h3-4,7,14H,2,5-6,8H2,1H3. The van der Waals surface area contributed by atoms with Crippen LogP contribution in [-0.4, -0.2) is 22.8 Å². The zero-order chi connectivity index (χ0) is 12.0. The molecule has 1 unspecified atom stereocenters. The van der Waals surface area contributed by atoms with Crippen molar-refractivity contribution in [3.8, 4) is 0 Å². The molecule has 0 amide bonds. The molecule has 0 aliphatic rings. The van der Waals surface area contributed by atoms with E-state index in [1.165, 1.54) is 12.1 Å². The third-order valence-corrected chi connectivity index (χ3v) is 3.34. The maximum atomic E-state index is 12.9. The van der Waals surface area contributed by atoms with Gasteiger partial charge in [0.05, 0.1) is 0 Å². The highest BCUT2D eigenvalue weighted by molar-refractivity contribution is 7.84. The van der Waals surface area contributed by atoms with E-state index in [-0.39, 0.29) is 5.82 Å². The molecule has 0 radical (unpaired) electrons. The van der Waals surface area contributed by atoms with Crippen LogP contribution in [0.3, 0.4) is 0 Å². The Kier molecular flexibility index (Phi) is 5.95. The van der Waals surface area contributed by atoms with Gasteiger partial charge in [-0.05, 0) is 36.7 Å². The summed E-state index contributed by atoms with van der Waals surface area (Å²) >= 11 is 5.90. The average molecular weight is 264 g/mol. The van der Waals surface area contributed by atoms with E-state index in [4.69, 9.17) is 11.6 Å². The molecule has 0 aliphatic carbocycles. The fourth-order valence-corrected chi connectivity index (χ4v) is 2.04. The molecule has 1 aromatic rings. The van der Waals surface area contributed by atoms with Gasteiger partial charge in [-0.3, -0.25) is 4.21 Å². The molecule has 2 nitrogen and oxygen atoms in total. The highest BCUT2D eigenvalue weighted by Crippen LogP contribution is 2.16. The van der Waals surface area contributed by atoms with Crippen molar-refractivity contribution >= 4 is 22.4 Å². The summed E-state index contributed by atoms with van der Waals surface area (Å²) < 4.78 is 23.7. The fourth-order valence-electron chi connectivity index (χ4n) is 1.30. The molecule has 1 rings (SSSR count). The van der Waals surface area contributed by atoms with Crippen LogP contribution in [0, 0.1) is 5.82 Å². The molecule has 1 N–H and O–H groups in total. The van der Waals surface area contributed by atoms with Crippen LogP contribution in [0.15, 0.2) is 18.2 Å². The number of nitrogens with one attached hydrogen (secondary N) is 1. The van der Waals surface area contributed by atoms with Crippen LogP contribution in [0.5, 0.6) is 0 Å². The van der Waals surface area contributed by atoms with Crippen molar-refractivity contribution in [3.05, 3.63) is 34.6 Å². The van der Waals surface area contributed by atoms with Gasteiger partial charge in [0.1, 0.15) is 5.82 Å². The van der Waals surface area contributed by atoms with E-state index in [1.807, 2.05) is 0 Å². The van der Waals surface area contributed by atoms with E-state index in [0.717, 1.165) is 18.5 Å². The van der Waals surface area contributed by atoms with Crippen molar-refractivity contribution in [2.24, 2.45) is 0 Å². The molecule has 0 spiro atoms. The lowest BCUT2D eigenvalue weighted by atomic mass is 10.2. The summed E-state index contributed by atoms with van der Waals surface area (Å²) in [5.74, 6) is 0.403. The number of hydrogen-bond donors (Lipinski definition) is 1. The Hall–Kier alpha value is -0.450. The molecule has 1 atom stereocenters. The second-order valence-corrected chi connectivity index (χ2v) is 5.51. The Bertz CT molecular complexity index is 373. The van der Waals surface area contributed by atoms with Crippen LogP contribution >= 0.6 is 11.6 Å². The number of rotatable bonds is 6. The van der Waals surface area contributed by atoms with Gasteiger partial charge in [0.2, 0.25) is 0 Å². The largest absolute Gasteiger partial charge is 0.313 e. The molecule has 5 heteroatoms. The van der Waals surface area contributed by atoms with Crippen LogP contribution in [0.4, 0.5) is 4.39 Å². The van der Waals surface area contributed by atoms with Crippen LogP contribution in [0.25, 0.3) is 0 Å². The normalized spacial score (nSPS) is 12.7. The van der Waals surface area contributed by atoms with E-state index in [9.17, 15) is 8.60 Å². The van der Waals surface area contributed by atoms with Crippen molar-refractivity contribution in [2.45, 2.75) is 13.0 Å². The summed E-state index contributed by atoms with van der Waals surface area (Å²) in [5, 5.41) is 3.70. The molecule has 0 fully saturated rings. The molecule has 1 aromatic carbocycles. The molecule has 16 heavy (non-hydrogen) atoms. The molecule has 0 aliphatic heterocycles. The minimum Gasteiger partial charge on any atom is -0.313 e. The van der Waals surface area contributed by atoms with Crippen LogP contribution in [0.2, 0.25) is 5.02 Å². The minimum absolute atomic E-state index is 0.282. The second-order valence-electron chi connectivity index (χ2n) is 3.54. The molecule has 0 heterocycles. The van der Waals surface area contributed by atoms with Gasteiger partial charge in [0.25, 0.3) is 0 Å². The summed E-state index contributed by atoms with van der Waals surface area (Å²) in [4.78, 5) is 0.